The van der Waals surface area contributed by atoms with Gasteiger partial charge in [-0.2, -0.15) is 0 Å². The molecule has 0 fully saturated rings. The molecule has 0 bridgehead atoms. The second-order valence-electron chi connectivity index (χ2n) is 7.20. The smallest absolute Gasteiger partial charge is 0.469 e. The van der Waals surface area contributed by atoms with Gasteiger partial charge < -0.3 is 20.2 Å². The largest absolute Gasteiger partial charge is 0.480 e. The number of aliphatic carboxylic acids is 1. The molecule has 1 atom stereocenters. The summed E-state index contributed by atoms with van der Waals surface area (Å²) < 4.78 is 14.8. The Labute approximate surface area is 202 Å². The first kappa shape index (κ1) is 31.5. The molecule has 0 heterocycles. The molecule has 0 saturated heterocycles. The topological polar surface area (TPSA) is 133 Å². The highest BCUT2D eigenvalue weighted by molar-refractivity contribution is 7.46. The highest BCUT2D eigenvalue weighted by Gasteiger charge is 2.24. The second kappa shape index (κ2) is 21.1. The molecule has 4 N–H and O–H groups in total. The molecule has 0 aromatic carbocycles. The summed E-state index contributed by atoms with van der Waals surface area (Å²) in [6.45, 7) is 1.31. The second-order valence-corrected chi connectivity index (χ2v) is 8.44. The lowest BCUT2D eigenvalue weighted by atomic mass is 10.2. The first-order valence-electron chi connectivity index (χ1n) is 11.4. The van der Waals surface area contributed by atoms with Gasteiger partial charge in [0, 0.05) is 6.42 Å². The first-order chi connectivity index (χ1) is 16.3. The average molecular weight is 496 g/mol. The van der Waals surface area contributed by atoms with Crippen LogP contribution in [-0.4, -0.2) is 39.4 Å². The molecule has 0 radical (unpaired) electrons. The molecule has 0 saturated carbocycles. The van der Waals surface area contributed by atoms with Crippen LogP contribution in [-0.2, 0) is 18.7 Å². The van der Waals surface area contributed by atoms with Gasteiger partial charge >= 0.3 is 13.8 Å². The zero-order valence-corrected chi connectivity index (χ0v) is 20.7. The van der Waals surface area contributed by atoms with Crippen molar-refractivity contribution in [3.8, 4) is 0 Å². The number of rotatable bonds is 19. The van der Waals surface area contributed by atoms with Gasteiger partial charge in [-0.05, 0) is 44.9 Å². The molecule has 8 nitrogen and oxygen atoms in total. The Morgan fingerprint density at radius 2 is 1.21 bits per heavy atom. The number of nitrogens with one attached hydrogen (secondary N) is 1. The summed E-state index contributed by atoms with van der Waals surface area (Å²) in [5.74, 6) is -1.98. The number of phosphoric ester groups is 1. The molecule has 1 amide bonds. The Morgan fingerprint density at radius 3 is 1.59 bits per heavy atom. The minimum Gasteiger partial charge on any atom is -0.480 e. The summed E-state index contributed by atoms with van der Waals surface area (Å²) in [6.07, 6.45) is 31.0. The summed E-state index contributed by atoms with van der Waals surface area (Å²) in [4.78, 5) is 40.0. The van der Waals surface area contributed by atoms with Crippen LogP contribution in [0, 0.1) is 0 Å². The van der Waals surface area contributed by atoms with E-state index in [9.17, 15) is 14.2 Å². The van der Waals surface area contributed by atoms with Gasteiger partial charge in [0.15, 0.2) is 6.04 Å². The van der Waals surface area contributed by atoms with Gasteiger partial charge in [-0.1, -0.05) is 79.8 Å². The van der Waals surface area contributed by atoms with Crippen molar-refractivity contribution in [2.75, 3.05) is 6.61 Å². The molecule has 0 aromatic heterocycles. The summed E-state index contributed by atoms with van der Waals surface area (Å²) >= 11 is 0. The van der Waals surface area contributed by atoms with Crippen molar-refractivity contribution in [1.29, 1.82) is 0 Å². The number of carbonyl (C=O) groups is 2. The minimum atomic E-state index is -4.80. The van der Waals surface area contributed by atoms with E-state index in [2.05, 4.69) is 71.4 Å². The lowest BCUT2D eigenvalue weighted by Gasteiger charge is -2.14. The fraction of sp³-hybridized carbons (Fsp3) is 0.440. The Kier molecular flexibility index (Phi) is 19.5. The standard InChI is InChI=1S/C25H38NO7P/c1-2-3-4-5-6-7-8-9-10-11-12-13-14-15-16-17-18-19-20-21-24(27)26-23(25(28)29)22-33-34(30,31)32/h3-4,6-7,9-10,12-13,15-16,18-19,23H,2,5,8,11,14,17,20-22H2,1H3,(H,26,27)(H,28,29)(H2,30,31,32)/b4-3+,7-6+,10-9+,13-12+,16-15+,19-18+/t23-/m1/s1. The van der Waals surface area contributed by atoms with E-state index >= 15 is 0 Å². The number of amides is 1. The monoisotopic (exact) mass is 495 g/mol. The van der Waals surface area contributed by atoms with E-state index < -0.39 is 32.3 Å². The molecule has 34 heavy (non-hydrogen) atoms. The Bertz CT molecular complexity index is 791. The highest BCUT2D eigenvalue weighted by Crippen LogP contribution is 2.35. The lowest BCUT2D eigenvalue weighted by molar-refractivity contribution is -0.142. The summed E-state index contributed by atoms with van der Waals surface area (Å²) in [5.41, 5.74) is 0. The number of carboxylic acids is 1. The number of phosphoric acid groups is 1. The number of hydrogen-bond donors (Lipinski definition) is 4. The van der Waals surface area contributed by atoms with Gasteiger partial charge in [-0.3, -0.25) is 9.32 Å². The van der Waals surface area contributed by atoms with E-state index in [1.54, 1.807) is 0 Å². The quantitative estimate of drug-likeness (QED) is 0.144. The Balaban J connectivity index is 3.88. The van der Waals surface area contributed by atoms with Crippen LogP contribution in [0.25, 0.3) is 0 Å². The van der Waals surface area contributed by atoms with Crippen LogP contribution in [0.5, 0.6) is 0 Å². The molecule has 9 heteroatoms. The minimum absolute atomic E-state index is 0.0574. The molecule has 0 aromatic rings. The number of carboxylic acid groups (broad SMARTS) is 1. The maximum Gasteiger partial charge on any atom is 0.469 e. The Hall–Kier alpha value is -2.51. The Morgan fingerprint density at radius 1 is 0.794 bits per heavy atom. The zero-order chi connectivity index (χ0) is 25.5. The SMILES string of the molecule is CC/C=C/C/C=C/C/C=C/C/C=C/C/C=C/C/C=C/CCC(=O)N[C@H](COP(=O)(O)O)C(=O)O. The van der Waals surface area contributed by atoms with Crippen LogP contribution >= 0.6 is 7.82 Å². The fourth-order valence-corrected chi connectivity index (χ4v) is 2.81. The van der Waals surface area contributed by atoms with Crippen molar-refractivity contribution < 1.29 is 33.6 Å². The van der Waals surface area contributed by atoms with Gasteiger partial charge in [0.2, 0.25) is 5.91 Å². The predicted molar refractivity (Wildman–Crippen MR) is 135 cm³/mol. The summed E-state index contributed by atoms with van der Waals surface area (Å²) in [7, 11) is -4.80. The van der Waals surface area contributed by atoms with Crippen LogP contribution in [0.4, 0.5) is 0 Å². The third kappa shape index (κ3) is 22.7. The average Bonchev–Trinajstić information content (AvgIpc) is 2.77. The van der Waals surface area contributed by atoms with Gasteiger partial charge in [0.1, 0.15) is 0 Å². The van der Waals surface area contributed by atoms with Crippen molar-refractivity contribution in [2.24, 2.45) is 0 Å². The van der Waals surface area contributed by atoms with Crippen molar-refractivity contribution in [3.05, 3.63) is 72.9 Å². The van der Waals surface area contributed by atoms with Gasteiger partial charge in [0.05, 0.1) is 6.61 Å². The van der Waals surface area contributed by atoms with E-state index in [1.807, 2.05) is 18.2 Å². The van der Waals surface area contributed by atoms with Crippen molar-refractivity contribution >= 4 is 19.7 Å². The van der Waals surface area contributed by atoms with Crippen LogP contribution in [0.3, 0.4) is 0 Å². The molecular formula is C25H38NO7P. The van der Waals surface area contributed by atoms with E-state index in [1.165, 1.54) is 0 Å². The molecule has 0 spiro atoms. The molecule has 0 unspecified atom stereocenters. The highest BCUT2D eigenvalue weighted by atomic mass is 31.2. The molecule has 0 aliphatic rings. The molecule has 0 rings (SSSR count). The lowest BCUT2D eigenvalue weighted by Crippen LogP contribution is -2.43. The fourth-order valence-electron chi connectivity index (χ4n) is 2.47. The normalized spacial score (nSPS) is 14.0. The maximum atomic E-state index is 11.8. The van der Waals surface area contributed by atoms with Gasteiger partial charge in [0.25, 0.3) is 0 Å². The van der Waals surface area contributed by atoms with Crippen LogP contribution in [0.15, 0.2) is 72.9 Å². The van der Waals surface area contributed by atoms with Crippen molar-refractivity contribution in [1.82, 2.24) is 5.32 Å². The molecule has 0 aliphatic carbocycles. The summed E-state index contributed by atoms with van der Waals surface area (Å²) in [6, 6.07) is -1.52. The summed E-state index contributed by atoms with van der Waals surface area (Å²) in [5, 5.41) is 11.1. The number of hydrogen-bond acceptors (Lipinski definition) is 4. The third-order valence-corrected chi connectivity index (χ3v) is 4.66. The van der Waals surface area contributed by atoms with Crippen LogP contribution in [0.2, 0.25) is 0 Å². The van der Waals surface area contributed by atoms with Crippen molar-refractivity contribution in [3.63, 3.8) is 0 Å². The maximum absolute atomic E-state index is 11.8. The van der Waals surface area contributed by atoms with Gasteiger partial charge in [-0.15, -0.1) is 0 Å². The van der Waals surface area contributed by atoms with E-state index in [0.29, 0.717) is 6.42 Å². The van der Waals surface area contributed by atoms with Crippen molar-refractivity contribution in [2.45, 2.75) is 64.3 Å². The van der Waals surface area contributed by atoms with E-state index in [-0.39, 0.29) is 6.42 Å². The molecular weight excluding hydrogens is 457 g/mol. The van der Waals surface area contributed by atoms with Crippen LogP contribution < -0.4 is 5.32 Å². The molecule has 0 aliphatic heterocycles. The first-order valence-corrected chi connectivity index (χ1v) is 12.9. The van der Waals surface area contributed by atoms with Crippen LogP contribution in [0.1, 0.15) is 58.3 Å². The third-order valence-electron chi connectivity index (χ3n) is 4.18. The number of allylic oxidation sites excluding steroid dienone is 12. The number of carbonyl (C=O) groups excluding carboxylic acids is 1. The van der Waals surface area contributed by atoms with E-state index in [0.717, 1.165) is 38.5 Å². The van der Waals surface area contributed by atoms with E-state index in [4.69, 9.17) is 14.9 Å². The predicted octanol–water partition coefficient (Wildman–Crippen LogP) is 5.14. The van der Waals surface area contributed by atoms with Gasteiger partial charge in [-0.25, -0.2) is 9.36 Å². The zero-order valence-electron chi connectivity index (χ0n) is 19.8. The molecule has 190 valence electrons.